The largest absolute Gasteiger partial charge is 0.306 e. The second kappa shape index (κ2) is 8.19. The van der Waals surface area contributed by atoms with Crippen molar-refractivity contribution in [1.82, 2.24) is 14.8 Å². The summed E-state index contributed by atoms with van der Waals surface area (Å²) in [4.78, 5) is 24.2. The number of hydrogen-bond acceptors (Lipinski definition) is 4. The Hall–Kier alpha value is -1.95. The van der Waals surface area contributed by atoms with Gasteiger partial charge in [0.1, 0.15) is 0 Å². The molecule has 0 atom stereocenters. The molecule has 148 valence electrons. The summed E-state index contributed by atoms with van der Waals surface area (Å²) in [6.45, 7) is 10.4. The fourth-order valence-corrected chi connectivity index (χ4v) is 4.30. The Morgan fingerprint density at radius 1 is 1.07 bits per heavy atom. The van der Waals surface area contributed by atoms with Crippen LogP contribution in [0.15, 0.2) is 36.7 Å². The summed E-state index contributed by atoms with van der Waals surface area (Å²) in [5.74, 6) is 0.0300. The van der Waals surface area contributed by atoms with E-state index < -0.39 is 0 Å². The first kappa shape index (κ1) is 19.4. The van der Waals surface area contributed by atoms with E-state index in [1.807, 2.05) is 23.2 Å². The van der Waals surface area contributed by atoms with Crippen LogP contribution in [0.25, 0.3) is 0 Å². The topological polar surface area (TPSA) is 39.7 Å². The lowest BCUT2D eigenvalue weighted by molar-refractivity contribution is 0.0980. The highest BCUT2D eigenvalue weighted by atomic mass is 35.5. The van der Waals surface area contributed by atoms with Crippen LogP contribution in [0.1, 0.15) is 35.3 Å². The second-order valence-electron chi connectivity index (χ2n) is 7.97. The average molecular weight is 399 g/mol. The molecule has 0 N–H and O–H groups in total. The van der Waals surface area contributed by atoms with Crippen LogP contribution in [0.4, 0.5) is 5.69 Å². The van der Waals surface area contributed by atoms with E-state index in [4.69, 9.17) is 11.6 Å². The lowest BCUT2D eigenvalue weighted by Gasteiger charge is -2.37. The molecular weight excluding hydrogens is 372 g/mol. The number of piperazine rings is 1. The van der Waals surface area contributed by atoms with Crippen molar-refractivity contribution in [3.05, 3.63) is 58.4 Å². The van der Waals surface area contributed by atoms with E-state index >= 15 is 0 Å². The van der Waals surface area contributed by atoms with Crippen LogP contribution in [-0.2, 0) is 13.0 Å². The van der Waals surface area contributed by atoms with E-state index in [0.29, 0.717) is 17.6 Å². The van der Waals surface area contributed by atoms with Crippen LogP contribution >= 0.6 is 11.6 Å². The average Bonchev–Trinajstić information content (AvgIpc) is 2.69. The van der Waals surface area contributed by atoms with Crippen molar-refractivity contribution < 1.29 is 4.79 Å². The van der Waals surface area contributed by atoms with Gasteiger partial charge < -0.3 is 4.90 Å². The van der Waals surface area contributed by atoms with E-state index in [1.165, 1.54) is 0 Å². The van der Waals surface area contributed by atoms with Crippen LogP contribution < -0.4 is 4.90 Å². The molecule has 1 saturated heterocycles. The molecule has 0 saturated carbocycles. The van der Waals surface area contributed by atoms with Gasteiger partial charge in [0.15, 0.2) is 0 Å². The van der Waals surface area contributed by atoms with Gasteiger partial charge in [-0.3, -0.25) is 19.6 Å². The van der Waals surface area contributed by atoms with Gasteiger partial charge in [0, 0.05) is 62.1 Å². The molecule has 0 spiro atoms. The first-order valence-corrected chi connectivity index (χ1v) is 10.4. The van der Waals surface area contributed by atoms with Crippen LogP contribution in [-0.4, -0.2) is 59.5 Å². The number of aromatic nitrogens is 1. The fraction of sp³-hybridized carbons (Fsp3) is 0.455. The minimum absolute atomic E-state index is 0.0300. The van der Waals surface area contributed by atoms with Gasteiger partial charge in [0.25, 0.3) is 5.91 Å². The zero-order valence-corrected chi connectivity index (χ0v) is 17.3. The second-order valence-corrected chi connectivity index (χ2v) is 8.40. The summed E-state index contributed by atoms with van der Waals surface area (Å²) in [7, 11) is 0. The van der Waals surface area contributed by atoms with Crippen molar-refractivity contribution in [2.24, 2.45) is 0 Å². The Bertz CT molecular complexity index is 861. The summed E-state index contributed by atoms with van der Waals surface area (Å²) < 4.78 is 0. The molecule has 2 aliphatic heterocycles. The van der Waals surface area contributed by atoms with Crippen molar-refractivity contribution in [3.63, 3.8) is 0 Å². The number of amides is 1. The Labute approximate surface area is 171 Å². The van der Waals surface area contributed by atoms with E-state index in [0.717, 1.165) is 61.5 Å². The number of hydrogen-bond donors (Lipinski definition) is 0. The smallest absolute Gasteiger partial charge is 0.258 e. The standard InChI is InChI=1S/C22H27ClN4O/c1-16(2)26-9-7-25(8-10-26)15-17-11-20(14-24-13-17)27-6-5-18-12-19(23)3-4-21(18)22(27)28/h3-4,11-14,16H,5-10,15H2,1-2H3. The third-order valence-corrected chi connectivity index (χ3v) is 6.02. The Kier molecular flexibility index (Phi) is 5.67. The van der Waals surface area contributed by atoms with Crippen molar-refractivity contribution in [1.29, 1.82) is 0 Å². The molecule has 2 aliphatic rings. The van der Waals surface area contributed by atoms with Gasteiger partial charge in [-0.1, -0.05) is 11.6 Å². The van der Waals surface area contributed by atoms with Crippen LogP contribution in [0.5, 0.6) is 0 Å². The first-order valence-electron chi connectivity index (χ1n) is 10.0. The molecular formula is C22H27ClN4O. The minimum atomic E-state index is 0.0300. The van der Waals surface area contributed by atoms with Crippen molar-refractivity contribution >= 4 is 23.2 Å². The number of carbonyl (C=O) groups excluding carboxylic acids is 1. The molecule has 3 heterocycles. The lowest BCUT2D eigenvalue weighted by Crippen LogP contribution is -2.48. The Morgan fingerprint density at radius 3 is 2.61 bits per heavy atom. The summed E-state index contributed by atoms with van der Waals surface area (Å²) in [5.41, 5.74) is 3.81. The SMILES string of the molecule is CC(C)N1CCN(Cc2cncc(N3CCc4cc(Cl)ccc4C3=O)c2)CC1. The summed E-state index contributed by atoms with van der Waals surface area (Å²) >= 11 is 6.07. The Balaban J connectivity index is 1.46. The molecule has 0 radical (unpaired) electrons. The van der Waals surface area contributed by atoms with Crippen LogP contribution in [0.2, 0.25) is 5.02 Å². The van der Waals surface area contributed by atoms with E-state index in [9.17, 15) is 4.79 Å². The molecule has 0 bridgehead atoms. The van der Waals surface area contributed by atoms with Crippen LogP contribution in [0.3, 0.4) is 0 Å². The fourth-order valence-electron chi connectivity index (χ4n) is 4.11. The zero-order chi connectivity index (χ0) is 19.7. The number of carbonyl (C=O) groups is 1. The molecule has 28 heavy (non-hydrogen) atoms. The molecule has 4 rings (SSSR count). The summed E-state index contributed by atoms with van der Waals surface area (Å²) in [6.07, 6.45) is 4.52. The van der Waals surface area contributed by atoms with E-state index in [-0.39, 0.29) is 5.91 Å². The monoisotopic (exact) mass is 398 g/mol. The van der Waals surface area contributed by atoms with Gasteiger partial charge >= 0.3 is 0 Å². The molecule has 2 aromatic rings. The molecule has 6 heteroatoms. The quantitative estimate of drug-likeness (QED) is 0.790. The molecule has 1 amide bonds. The maximum Gasteiger partial charge on any atom is 0.258 e. The van der Waals surface area contributed by atoms with E-state index in [1.54, 1.807) is 12.3 Å². The molecule has 0 unspecified atom stereocenters. The predicted molar refractivity (Wildman–Crippen MR) is 113 cm³/mol. The maximum atomic E-state index is 13.0. The lowest BCUT2D eigenvalue weighted by atomic mass is 9.98. The highest BCUT2D eigenvalue weighted by molar-refractivity contribution is 6.30. The van der Waals surface area contributed by atoms with Gasteiger partial charge in [-0.2, -0.15) is 0 Å². The number of benzene rings is 1. The zero-order valence-electron chi connectivity index (χ0n) is 16.6. The number of anilines is 1. The minimum Gasteiger partial charge on any atom is -0.306 e. The number of pyridine rings is 1. The van der Waals surface area contributed by atoms with Crippen molar-refractivity contribution in [2.45, 2.75) is 32.9 Å². The van der Waals surface area contributed by atoms with E-state index in [2.05, 4.69) is 34.7 Å². The Morgan fingerprint density at radius 2 is 1.86 bits per heavy atom. The van der Waals surface area contributed by atoms with Crippen molar-refractivity contribution in [3.8, 4) is 0 Å². The predicted octanol–water partition coefficient (Wildman–Crippen LogP) is 3.46. The molecule has 5 nitrogen and oxygen atoms in total. The number of halogens is 1. The van der Waals surface area contributed by atoms with Gasteiger partial charge in [-0.25, -0.2) is 0 Å². The highest BCUT2D eigenvalue weighted by Gasteiger charge is 2.26. The maximum absolute atomic E-state index is 13.0. The molecule has 1 aromatic carbocycles. The number of rotatable bonds is 4. The molecule has 1 fully saturated rings. The third-order valence-electron chi connectivity index (χ3n) is 5.78. The summed E-state index contributed by atoms with van der Waals surface area (Å²) in [5, 5.41) is 0.682. The number of fused-ring (bicyclic) bond motifs is 1. The highest BCUT2D eigenvalue weighted by Crippen LogP contribution is 2.27. The molecule has 1 aromatic heterocycles. The first-order chi connectivity index (χ1) is 13.5. The molecule has 0 aliphatic carbocycles. The van der Waals surface area contributed by atoms with Crippen LogP contribution in [0, 0.1) is 0 Å². The summed E-state index contributed by atoms with van der Waals surface area (Å²) in [6, 6.07) is 8.23. The van der Waals surface area contributed by atoms with Gasteiger partial charge in [-0.05, 0) is 55.7 Å². The van der Waals surface area contributed by atoms with Gasteiger partial charge in [0.2, 0.25) is 0 Å². The van der Waals surface area contributed by atoms with Crippen molar-refractivity contribution in [2.75, 3.05) is 37.6 Å². The normalized spacial score (nSPS) is 18.6. The number of nitrogens with zero attached hydrogens (tertiary/aromatic N) is 4. The van der Waals surface area contributed by atoms with Gasteiger partial charge in [0.05, 0.1) is 11.9 Å². The van der Waals surface area contributed by atoms with Gasteiger partial charge in [-0.15, -0.1) is 0 Å². The third kappa shape index (κ3) is 4.07.